The van der Waals surface area contributed by atoms with Crippen LogP contribution in [0.25, 0.3) is 0 Å². The highest BCUT2D eigenvalue weighted by Crippen LogP contribution is 2.28. The number of anilines is 1. The highest BCUT2D eigenvalue weighted by atomic mass is 16.3. The second-order valence-electron chi connectivity index (χ2n) is 3.07. The van der Waals surface area contributed by atoms with Gasteiger partial charge in [0.1, 0.15) is 5.75 Å². The molecule has 0 unspecified atom stereocenters. The second kappa shape index (κ2) is 3.23. The van der Waals surface area contributed by atoms with Crippen molar-refractivity contribution in [2.24, 2.45) is 5.73 Å². The van der Waals surface area contributed by atoms with Crippen molar-refractivity contribution in [1.82, 2.24) is 5.32 Å². The Labute approximate surface area is 89.4 Å². The molecule has 0 atom stereocenters. The van der Waals surface area contributed by atoms with Crippen molar-refractivity contribution in [3.05, 3.63) is 23.8 Å². The molecule has 0 aromatic heterocycles. The molecule has 0 bridgehead atoms. The zero-order chi connectivity index (χ0) is 11.9. The zero-order valence-electron chi connectivity index (χ0n) is 7.88. The maximum atomic E-state index is 11.3. The summed E-state index contributed by atoms with van der Waals surface area (Å²) in [7, 11) is 0. The van der Waals surface area contributed by atoms with E-state index in [1.54, 1.807) is 0 Å². The summed E-state index contributed by atoms with van der Waals surface area (Å²) in [5.74, 6) is -0.977. The fourth-order valence-electron chi connectivity index (χ4n) is 1.40. The highest BCUT2D eigenvalue weighted by molar-refractivity contribution is 6.25. The van der Waals surface area contributed by atoms with Crippen LogP contribution in [0.4, 0.5) is 15.3 Å². The molecule has 1 heterocycles. The number of amides is 5. The third-order valence-electron chi connectivity index (χ3n) is 2.06. The van der Waals surface area contributed by atoms with Crippen LogP contribution in [0.2, 0.25) is 0 Å². The van der Waals surface area contributed by atoms with Gasteiger partial charge in [-0.3, -0.25) is 4.79 Å². The fourth-order valence-corrected chi connectivity index (χ4v) is 1.40. The largest absolute Gasteiger partial charge is 0.508 e. The van der Waals surface area contributed by atoms with E-state index < -0.39 is 18.0 Å². The summed E-state index contributed by atoms with van der Waals surface area (Å²) < 4.78 is 0. The minimum atomic E-state index is -1.03. The van der Waals surface area contributed by atoms with Gasteiger partial charge in [0.2, 0.25) is 0 Å². The van der Waals surface area contributed by atoms with E-state index >= 15 is 0 Å². The summed E-state index contributed by atoms with van der Waals surface area (Å²) in [5.41, 5.74) is 4.97. The molecule has 0 spiro atoms. The van der Waals surface area contributed by atoms with E-state index in [0.717, 1.165) is 6.07 Å². The first-order chi connectivity index (χ1) is 7.50. The lowest BCUT2D eigenvalue weighted by atomic mass is 10.1. The average molecular weight is 220 g/mol. The van der Waals surface area contributed by atoms with Crippen LogP contribution in [0.5, 0.6) is 5.75 Å². The van der Waals surface area contributed by atoms with Crippen LogP contribution in [-0.2, 0) is 0 Å². The van der Waals surface area contributed by atoms with Crippen molar-refractivity contribution in [2.45, 2.75) is 0 Å². The van der Waals surface area contributed by atoms with Gasteiger partial charge in [0.25, 0.3) is 5.91 Å². The number of nitrogens with two attached hydrogens (primary N) is 1. The minimum Gasteiger partial charge on any atom is -0.508 e. The van der Waals surface area contributed by atoms with Gasteiger partial charge in [-0.25, -0.2) is 14.5 Å². The third-order valence-corrected chi connectivity index (χ3v) is 2.06. The molecule has 3 N–H and O–H groups in total. The van der Waals surface area contributed by atoms with E-state index in [4.69, 9.17) is 5.73 Å². The first kappa shape index (κ1) is 9.97. The van der Waals surface area contributed by atoms with Crippen LogP contribution in [-0.4, -0.2) is 23.1 Å². The summed E-state index contributed by atoms with van der Waals surface area (Å²) in [6.45, 7) is 0. The molecule has 16 heavy (non-hydrogen) atoms. The number of hydrogen-bond donors (Lipinski definition) is 2. The number of phenols is 1. The van der Waals surface area contributed by atoms with E-state index in [-0.39, 0.29) is 17.0 Å². The lowest BCUT2D eigenvalue weighted by Crippen LogP contribution is -2.49. The summed E-state index contributed by atoms with van der Waals surface area (Å²) in [6, 6.07) is 1.54. The first-order valence-corrected chi connectivity index (χ1v) is 4.23. The van der Waals surface area contributed by atoms with Gasteiger partial charge in [0, 0.05) is 0 Å². The first-order valence-electron chi connectivity index (χ1n) is 4.23. The molecule has 1 aliphatic heterocycles. The Kier molecular flexibility index (Phi) is 2.01. The SMILES string of the molecule is NC(=O)N1C(=O)[N]C(=O)c2cc(O)ccc21. The standard InChI is InChI=1S/C9H6N3O4/c10-8(15)12-6-2-1-4(13)3-5(6)7(14)11-9(12)16/h1-3,13H,(H2,10,15). The molecule has 0 saturated carbocycles. The summed E-state index contributed by atoms with van der Waals surface area (Å²) in [6.07, 6.45) is 0. The lowest BCUT2D eigenvalue weighted by molar-refractivity contribution is 0.0958. The number of aromatic hydroxyl groups is 1. The molecular weight excluding hydrogens is 214 g/mol. The average Bonchev–Trinajstić information content (AvgIpc) is 2.18. The zero-order valence-corrected chi connectivity index (χ0v) is 7.88. The molecule has 7 heteroatoms. The van der Waals surface area contributed by atoms with Crippen molar-refractivity contribution in [3.63, 3.8) is 0 Å². The number of imide groups is 2. The van der Waals surface area contributed by atoms with Crippen LogP contribution in [0.3, 0.4) is 0 Å². The number of benzene rings is 1. The quantitative estimate of drug-likeness (QED) is 0.647. The van der Waals surface area contributed by atoms with Crippen molar-refractivity contribution in [2.75, 3.05) is 4.90 Å². The minimum absolute atomic E-state index is 0.0234. The molecule has 5 amide bonds. The van der Waals surface area contributed by atoms with Gasteiger partial charge in [-0.2, -0.15) is 5.32 Å². The molecule has 2 rings (SSSR count). The van der Waals surface area contributed by atoms with Crippen LogP contribution < -0.4 is 16.0 Å². The molecule has 0 saturated heterocycles. The molecule has 1 aromatic carbocycles. The van der Waals surface area contributed by atoms with Crippen molar-refractivity contribution in [3.8, 4) is 5.75 Å². The number of phenolic OH excluding ortho intramolecular Hbond substituents is 1. The molecule has 81 valence electrons. The topological polar surface area (TPSA) is 115 Å². The number of urea groups is 2. The van der Waals surface area contributed by atoms with E-state index in [2.05, 4.69) is 5.32 Å². The molecule has 0 aliphatic carbocycles. The lowest BCUT2D eigenvalue weighted by Gasteiger charge is -2.23. The third kappa shape index (κ3) is 1.34. The summed E-state index contributed by atoms with van der Waals surface area (Å²) in [4.78, 5) is 34.2. The number of nitrogens with zero attached hydrogens (tertiary/aromatic N) is 2. The predicted molar refractivity (Wildman–Crippen MR) is 52.0 cm³/mol. The van der Waals surface area contributed by atoms with Gasteiger partial charge in [-0.15, -0.1) is 0 Å². The van der Waals surface area contributed by atoms with Gasteiger partial charge in [0.05, 0.1) is 11.3 Å². The molecule has 1 aliphatic rings. The number of hydrogen-bond acceptors (Lipinski definition) is 4. The maximum absolute atomic E-state index is 11.3. The molecule has 7 nitrogen and oxygen atoms in total. The van der Waals surface area contributed by atoms with Gasteiger partial charge >= 0.3 is 12.1 Å². The van der Waals surface area contributed by atoms with Crippen LogP contribution in [0.1, 0.15) is 10.4 Å². The van der Waals surface area contributed by atoms with Crippen molar-refractivity contribution < 1.29 is 19.5 Å². The van der Waals surface area contributed by atoms with Crippen LogP contribution >= 0.6 is 0 Å². The predicted octanol–water partition coefficient (Wildman–Crippen LogP) is 0.156. The van der Waals surface area contributed by atoms with E-state index in [9.17, 15) is 19.5 Å². The Morgan fingerprint density at radius 3 is 2.69 bits per heavy atom. The highest BCUT2D eigenvalue weighted by Gasteiger charge is 2.34. The molecule has 0 fully saturated rings. The van der Waals surface area contributed by atoms with E-state index in [1.807, 2.05) is 0 Å². The summed E-state index contributed by atoms with van der Waals surface area (Å²) in [5, 5.41) is 12.3. The van der Waals surface area contributed by atoms with Crippen molar-refractivity contribution >= 4 is 23.7 Å². The molecule has 1 radical (unpaired) electrons. The van der Waals surface area contributed by atoms with Crippen LogP contribution in [0.15, 0.2) is 18.2 Å². The number of primary amides is 1. The van der Waals surface area contributed by atoms with Gasteiger partial charge in [-0.05, 0) is 18.2 Å². The fraction of sp³-hybridized carbons (Fsp3) is 0. The number of rotatable bonds is 0. The Hall–Kier alpha value is -2.57. The second-order valence-corrected chi connectivity index (χ2v) is 3.07. The Morgan fingerprint density at radius 1 is 1.38 bits per heavy atom. The Bertz CT molecular complexity index is 511. The van der Waals surface area contributed by atoms with Crippen molar-refractivity contribution in [1.29, 1.82) is 0 Å². The summed E-state index contributed by atoms with van der Waals surface area (Å²) >= 11 is 0. The Morgan fingerprint density at radius 2 is 2.06 bits per heavy atom. The maximum Gasteiger partial charge on any atom is 0.359 e. The van der Waals surface area contributed by atoms with E-state index in [0.29, 0.717) is 4.90 Å². The van der Waals surface area contributed by atoms with Gasteiger partial charge in [0.15, 0.2) is 0 Å². The Balaban J connectivity index is 2.63. The number of carbonyl (C=O) groups is 3. The van der Waals surface area contributed by atoms with Gasteiger partial charge in [-0.1, -0.05) is 0 Å². The number of fused-ring (bicyclic) bond motifs is 1. The number of carbonyl (C=O) groups excluding carboxylic acids is 3. The monoisotopic (exact) mass is 220 g/mol. The molecular formula is C9H6N3O4. The smallest absolute Gasteiger partial charge is 0.359 e. The molecule has 1 aromatic rings. The normalized spacial score (nSPS) is 14.4. The van der Waals surface area contributed by atoms with Crippen LogP contribution in [0, 0.1) is 0 Å². The van der Waals surface area contributed by atoms with Gasteiger partial charge < -0.3 is 10.8 Å². The van der Waals surface area contributed by atoms with E-state index in [1.165, 1.54) is 12.1 Å².